The number of likely N-dealkylation sites (tertiary alicyclic amines) is 2. The quantitative estimate of drug-likeness (QED) is 0.314. The number of fused-ring (bicyclic) bond motifs is 1. The van der Waals surface area contributed by atoms with Gasteiger partial charge >= 0.3 is 5.97 Å². The number of aromatic nitrogens is 2. The van der Waals surface area contributed by atoms with Crippen molar-refractivity contribution in [2.75, 3.05) is 46.9 Å². The van der Waals surface area contributed by atoms with E-state index in [1.807, 2.05) is 51.2 Å². The molecule has 2 atom stereocenters. The number of likely N-dealkylation sites (N-methyl/N-ethyl adjacent to an activating group) is 1. The standard InChI is InChI=1S/C33H35FN6O4.C2H6/c1-37-30(4-3-5-31(37)44-17-24-7-6-22(14-35)12-26(24)34)39-20-33(21-39)18-38(19-33)16-29-36-27-9-8-23(32(41)42-2)13-28(27)40(29)15-25-10-11-43-25;1-2/h3-9,12-13,25,30H,10-11,15-21H2,1-2H3;1-2H3. The van der Waals surface area contributed by atoms with Crippen LogP contribution in [-0.2, 0) is 33.9 Å². The molecule has 4 aliphatic heterocycles. The number of hydrogen-bond donors (Lipinski definition) is 0. The van der Waals surface area contributed by atoms with Crippen molar-refractivity contribution >= 4 is 17.0 Å². The summed E-state index contributed by atoms with van der Waals surface area (Å²) in [5, 5.41) is 8.98. The molecule has 10 nitrogen and oxygen atoms in total. The minimum atomic E-state index is -0.438. The highest BCUT2D eigenvalue weighted by Gasteiger charge is 2.53. The van der Waals surface area contributed by atoms with Crippen molar-refractivity contribution in [3.05, 3.63) is 88.8 Å². The summed E-state index contributed by atoms with van der Waals surface area (Å²) in [6, 6.07) is 11.9. The molecule has 46 heavy (non-hydrogen) atoms. The van der Waals surface area contributed by atoms with Gasteiger partial charge in [-0.1, -0.05) is 26.0 Å². The number of hydrogen-bond acceptors (Lipinski definition) is 9. The van der Waals surface area contributed by atoms with Gasteiger partial charge in [-0.05, 0) is 48.9 Å². The summed E-state index contributed by atoms with van der Waals surface area (Å²) in [7, 11) is 3.39. The first-order valence-corrected chi connectivity index (χ1v) is 15.9. The molecule has 3 aromatic rings. The third kappa shape index (κ3) is 6.12. The molecule has 3 fully saturated rings. The fraction of sp³-hybridized carbons (Fsp3) is 0.457. The highest BCUT2D eigenvalue weighted by atomic mass is 19.1. The lowest BCUT2D eigenvalue weighted by atomic mass is 9.72. The summed E-state index contributed by atoms with van der Waals surface area (Å²) < 4.78 is 33.2. The monoisotopic (exact) mass is 628 g/mol. The van der Waals surface area contributed by atoms with Crippen LogP contribution in [0.4, 0.5) is 4.39 Å². The molecule has 0 bridgehead atoms. The summed E-state index contributed by atoms with van der Waals surface area (Å²) in [4.78, 5) is 24.1. The van der Waals surface area contributed by atoms with Crippen molar-refractivity contribution in [3.63, 3.8) is 0 Å². The molecule has 242 valence electrons. The lowest BCUT2D eigenvalue weighted by Crippen LogP contribution is -2.74. The van der Waals surface area contributed by atoms with Gasteiger partial charge in [-0.25, -0.2) is 14.2 Å². The van der Waals surface area contributed by atoms with Crippen LogP contribution in [0.5, 0.6) is 0 Å². The van der Waals surface area contributed by atoms with Gasteiger partial charge in [0.2, 0.25) is 0 Å². The maximum absolute atomic E-state index is 14.3. The van der Waals surface area contributed by atoms with Crippen molar-refractivity contribution in [2.45, 2.75) is 52.2 Å². The topological polar surface area (TPSA) is 96.1 Å². The summed E-state index contributed by atoms with van der Waals surface area (Å²) in [5.74, 6) is 0.881. The van der Waals surface area contributed by atoms with E-state index < -0.39 is 5.82 Å². The van der Waals surface area contributed by atoms with Gasteiger partial charge in [0.1, 0.15) is 24.4 Å². The van der Waals surface area contributed by atoms with E-state index in [1.54, 1.807) is 18.2 Å². The summed E-state index contributed by atoms with van der Waals surface area (Å²) >= 11 is 0. The van der Waals surface area contributed by atoms with E-state index in [0.717, 1.165) is 69.2 Å². The Balaban J connectivity index is 0.00000182. The van der Waals surface area contributed by atoms with E-state index in [-0.39, 0.29) is 30.3 Å². The van der Waals surface area contributed by atoms with Crippen LogP contribution in [0.15, 0.2) is 60.5 Å². The van der Waals surface area contributed by atoms with E-state index in [1.165, 1.54) is 13.2 Å². The summed E-state index contributed by atoms with van der Waals surface area (Å²) in [6.07, 6.45) is 7.31. The van der Waals surface area contributed by atoms with Crippen molar-refractivity contribution in [1.82, 2.24) is 24.3 Å². The zero-order valence-electron chi connectivity index (χ0n) is 26.9. The normalized spacial score (nSPS) is 21.7. The maximum atomic E-state index is 14.3. The van der Waals surface area contributed by atoms with E-state index in [2.05, 4.69) is 25.3 Å². The molecule has 4 aliphatic rings. The van der Waals surface area contributed by atoms with Crippen LogP contribution in [0.25, 0.3) is 11.0 Å². The average molecular weight is 629 g/mol. The number of carbonyl (C=O) groups is 1. The van der Waals surface area contributed by atoms with Gasteiger partial charge in [0.05, 0.1) is 54.5 Å². The first kappa shape index (κ1) is 31.7. The fourth-order valence-corrected chi connectivity index (χ4v) is 6.81. The third-order valence-electron chi connectivity index (χ3n) is 9.19. The molecular formula is C35H41FN6O4. The number of imidazole rings is 1. The number of nitrogens with zero attached hydrogens (tertiary/aromatic N) is 6. The number of allylic oxidation sites excluding steroid dienone is 2. The van der Waals surface area contributed by atoms with Gasteiger partial charge in [-0.15, -0.1) is 0 Å². The molecule has 1 aromatic heterocycles. The van der Waals surface area contributed by atoms with Crippen molar-refractivity contribution < 1.29 is 23.4 Å². The van der Waals surface area contributed by atoms with E-state index in [0.29, 0.717) is 22.6 Å². The molecule has 7 rings (SSSR count). The maximum Gasteiger partial charge on any atom is 0.337 e. The second-order valence-corrected chi connectivity index (χ2v) is 12.3. The zero-order valence-corrected chi connectivity index (χ0v) is 26.9. The number of nitriles is 1. The molecule has 11 heteroatoms. The predicted molar refractivity (Wildman–Crippen MR) is 171 cm³/mol. The van der Waals surface area contributed by atoms with E-state index in [9.17, 15) is 9.18 Å². The molecule has 0 amide bonds. The molecule has 0 N–H and O–H groups in total. The minimum absolute atomic E-state index is 0.0659. The van der Waals surface area contributed by atoms with Crippen molar-refractivity contribution in [1.29, 1.82) is 5.26 Å². The SMILES string of the molecule is CC.COC(=O)c1ccc2nc(CN3CC4(C3)CN(C3C=CC=C(OCc5ccc(C#N)cc5F)N3C)C4)n(CC3CCO3)c2c1. The molecule has 3 saturated heterocycles. The fourth-order valence-electron chi connectivity index (χ4n) is 6.81. The minimum Gasteiger partial charge on any atom is -0.474 e. The van der Waals surface area contributed by atoms with Crippen LogP contribution >= 0.6 is 0 Å². The molecule has 2 aromatic carbocycles. The Morgan fingerprint density at radius 3 is 2.63 bits per heavy atom. The van der Waals surface area contributed by atoms with Gasteiger partial charge in [0, 0.05) is 50.8 Å². The van der Waals surface area contributed by atoms with Gasteiger partial charge in [-0.2, -0.15) is 5.26 Å². The molecule has 0 radical (unpaired) electrons. The number of methoxy groups -OCH3 is 1. The van der Waals surface area contributed by atoms with Crippen LogP contribution in [0, 0.1) is 22.6 Å². The second-order valence-electron chi connectivity index (χ2n) is 12.3. The van der Waals surface area contributed by atoms with Gasteiger partial charge in [0.25, 0.3) is 0 Å². The summed E-state index contributed by atoms with van der Waals surface area (Å²) in [5.41, 5.74) is 3.29. The third-order valence-corrected chi connectivity index (χ3v) is 9.19. The van der Waals surface area contributed by atoms with Crippen LogP contribution in [0.3, 0.4) is 0 Å². The molecule has 0 aliphatic carbocycles. The highest BCUT2D eigenvalue weighted by molar-refractivity contribution is 5.93. The lowest BCUT2D eigenvalue weighted by Gasteiger charge is -2.62. The molecule has 2 unspecified atom stereocenters. The van der Waals surface area contributed by atoms with E-state index in [4.69, 9.17) is 24.5 Å². The average Bonchev–Trinajstić information content (AvgIpc) is 3.36. The van der Waals surface area contributed by atoms with E-state index >= 15 is 0 Å². The van der Waals surface area contributed by atoms with Crippen LogP contribution in [0.2, 0.25) is 0 Å². The first-order valence-electron chi connectivity index (χ1n) is 15.9. The van der Waals surface area contributed by atoms with Crippen LogP contribution in [-0.4, -0.2) is 89.4 Å². The molecular weight excluding hydrogens is 587 g/mol. The van der Waals surface area contributed by atoms with Crippen LogP contribution < -0.4 is 0 Å². The Kier molecular flexibility index (Phi) is 9.13. The zero-order chi connectivity index (χ0) is 32.4. The Hall–Kier alpha value is -4.24. The number of benzene rings is 2. The number of rotatable bonds is 9. The molecule has 1 spiro atoms. The Labute approximate surface area is 269 Å². The number of halogens is 1. The number of ether oxygens (including phenoxy) is 3. The van der Waals surface area contributed by atoms with Crippen LogP contribution in [0.1, 0.15) is 47.6 Å². The van der Waals surface area contributed by atoms with Crippen molar-refractivity contribution in [2.24, 2.45) is 5.41 Å². The molecule has 0 saturated carbocycles. The predicted octanol–water partition coefficient (Wildman–Crippen LogP) is 4.65. The second kappa shape index (κ2) is 13.2. The number of carbonyl (C=O) groups excluding carboxylic acids is 1. The van der Waals surface area contributed by atoms with Gasteiger partial charge < -0.3 is 23.7 Å². The first-order chi connectivity index (χ1) is 22.3. The smallest absolute Gasteiger partial charge is 0.337 e. The van der Waals surface area contributed by atoms with Crippen molar-refractivity contribution in [3.8, 4) is 6.07 Å². The Morgan fingerprint density at radius 1 is 1.17 bits per heavy atom. The number of esters is 1. The largest absolute Gasteiger partial charge is 0.474 e. The summed E-state index contributed by atoms with van der Waals surface area (Å²) in [6.45, 7) is 10.3. The van der Waals surface area contributed by atoms with Gasteiger partial charge in [-0.3, -0.25) is 9.80 Å². The Morgan fingerprint density at radius 2 is 1.96 bits per heavy atom. The molecule has 5 heterocycles. The lowest BCUT2D eigenvalue weighted by molar-refractivity contribution is -0.147. The van der Waals surface area contributed by atoms with Gasteiger partial charge in [0.15, 0.2) is 5.88 Å². The highest BCUT2D eigenvalue weighted by Crippen LogP contribution is 2.42. The Bertz CT molecular complexity index is 1690.